The van der Waals surface area contributed by atoms with Gasteiger partial charge in [0.05, 0.1) is 54.2 Å². The zero-order chi connectivity index (χ0) is 48.4. The van der Waals surface area contributed by atoms with Gasteiger partial charge in [0.25, 0.3) is 0 Å². The molecule has 3 aliphatic heterocycles. The van der Waals surface area contributed by atoms with E-state index in [4.69, 9.17) is 19.2 Å². The molecule has 0 unspecified atom stereocenters. The molecule has 15 nitrogen and oxygen atoms in total. The van der Waals surface area contributed by atoms with Crippen molar-refractivity contribution in [2.75, 3.05) is 37.1 Å². The van der Waals surface area contributed by atoms with Gasteiger partial charge in [-0.05, 0) is 59.0 Å². The van der Waals surface area contributed by atoms with E-state index in [2.05, 4.69) is 22.5 Å². The number of morpholine rings is 1. The Kier molecular flexibility index (Phi) is 13.3. The summed E-state index contributed by atoms with van der Waals surface area (Å²) in [5.74, 6) is 0.887. The second-order valence-corrected chi connectivity index (χ2v) is 18.2. The highest BCUT2D eigenvalue weighted by Gasteiger charge is 2.76. The van der Waals surface area contributed by atoms with Crippen LogP contribution in [0.5, 0.6) is 5.75 Å². The highest BCUT2D eigenvalue weighted by Crippen LogP contribution is 2.66. The molecule has 4 amide bonds. The van der Waals surface area contributed by atoms with Gasteiger partial charge in [-0.25, -0.2) is 19.5 Å². The highest BCUT2D eigenvalue weighted by molar-refractivity contribution is 7.22. The molecule has 4 heterocycles. The van der Waals surface area contributed by atoms with Crippen LogP contribution in [0.4, 0.5) is 15.6 Å². The number of aliphatic hydroxyl groups excluding tert-OH is 2. The smallest absolute Gasteiger partial charge is 0.329 e. The second kappa shape index (κ2) is 19.7. The van der Waals surface area contributed by atoms with Crippen LogP contribution >= 0.6 is 11.3 Å². The number of carbonyl (C=O) groups is 5. The molecule has 4 N–H and O–H groups in total. The first-order chi connectivity index (χ1) is 33.5. The molecule has 0 bridgehead atoms. The average molecular weight is 948 g/mol. The Labute approximate surface area is 402 Å². The standard InChI is InChI=1S/C53H49N5O10S/c1-31(2)42(48(62)66-3)55-52(65)57-38-26-25-32(16-14-15-27-59)30-36(38)53(50(57)64)41(47(61)56-51-54-37-22-11-13-24-40(37)69-51)44-49(63)68-45(34-19-8-5-9-20-34)43(33-17-6-4-7-18-33)58(44)46(53)35-21-10-12-23-39(35)67-29-28-60/h4-13,17-26,30-31,41-46,59-60H,15,27-29H2,1-3H3,(H,55,65)(H,54,56,61)/t41-,42-,43-,44-,45+,46+,53-/m0/s1. The van der Waals surface area contributed by atoms with Crippen LogP contribution in [-0.4, -0.2) is 88.9 Å². The number of rotatable bonds is 12. The quantitative estimate of drug-likeness (QED) is 0.0758. The minimum atomic E-state index is -2.21. The maximum atomic E-state index is 16.7. The Morgan fingerprint density at radius 1 is 0.870 bits per heavy atom. The summed E-state index contributed by atoms with van der Waals surface area (Å²) in [6.07, 6.45) is -0.863. The van der Waals surface area contributed by atoms with Crippen molar-refractivity contribution in [3.8, 4) is 17.6 Å². The Morgan fingerprint density at radius 3 is 2.26 bits per heavy atom. The number of urea groups is 1. The van der Waals surface area contributed by atoms with E-state index >= 15 is 19.2 Å². The minimum Gasteiger partial charge on any atom is -0.491 e. The molecule has 1 aromatic heterocycles. The number of fused-ring (bicyclic) bond motifs is 4. The SMILES string of the molecule is COC(=O)[C@@H](NC(=O)N1C(=O)[C@@]2(c3cc(C#CCCO)ccc31)[C@H](C(=O)Nc1nc3ccccc3s1)[C@H]1C(=O)O[C@H](c3ccccc3)[C@H](c3ccccc3)N1[C@@H]2c1ccccc1OCCO)C(C)C. The average Bonchev–Trinajstić information content (AvgIpc) is 4.00. The van der Waals surface area contributed by atoms with E-state index in [-0.39, 0.29) is 48.4 Å². The van der Waals surface area contributed by atoms with E-state index in [9.17, 15) is 15.0 Å². The summed E-state index contributed by atoms with van der Waals surface area (Å²) in [5, 5.41) is 25.7. The first-order valence-electron chi connectivity index (χ1n) is 22.6. The van der Waals surface area contributed by atoms with Crippen molar-refractivity contribution >= 4 is 62.2 Å². The molecule has 16 heteroatoms. The predicted octanol–water partition coefficient (Wildman–Crippen LogP) is 6.61. The van der Waals surface area contributed by atoms with Gasteiger partial charge in [-0.1, -0.05) is 128 Å². The Balaban J connectivity index is 1.38. The summed E-state index contributed by atoms with van der Waals surface area (Å²) < 4.78 is 18.7. The lowest BCUT2D eigenvalue weighted by molar-refractivity contribution is -0.178. The molecule has 0 saturated carbocycles. The van der Waals surface area contributed by atoms with Crippen LogP contribution in [0, 0.1) is 23.7 Å². The van der Waals surface area contributed by atoms with Crippen LogP contribution in [0.15, 0.2) is 127 Å². The summed E-state index contributed by atoms with van der Waals surface area (Å²) in [7, 11) is 1.20. The fraction of sp³-hybridized carbons (Fsp3) is 0.283. The van der Waals surface area contributed by atoms with Gasteiger partial charge in [0.1, 0.15) is 36.0 Å². The highest BCUT2D eigenvalue weighted by atomic mass is 32.1. The van der Waals surface area contributed by atoms with Crippen LogP contribution in [0.3, 0.4) is 0 Å². The molecule has 69 heavy (non-hydrogen) atoms. The minimum absolute atomic E-state index is 0.0678. The van der Waals surface area contributed by atoms with Gasteiger partial charge < -0.3 is 35.1 Å². The second-order valence-electron chi connectivity index (χ2n) is 17.2. The number of benzene rings is 5. The number of nitrogens with zero attached hydrogens (tertiary/aromatic N) is 3. The molecule has 1 spiro atoms. The number of para-hydroxylation sites is 2. The lowest BCUT2D eigenvalue weighted by Crippen LogP contribution is -2.57. The molecule has 3 aliphatic rings. The monoisotopic (exact) mass is 947 g/mol. The number of hydrogen-bond donors (Lipinski definition) is 4. The molecule has 9 rings (SSSR count). The summed E-state index contributed by atoms with van der Waals surface area (Å²) in [5.41, 5.74) is 0.722. The Hall–Kier alpha value is -7.42. The molecule has 0 aliphatic carbocycles. The van der Waals surface area contributed by atoms with Gasteiger partial charge in [0.2, 0.25) is 11.8 Å². The summed E-state index contributed by atoms with van der Waals surface area (Å²) >= 11 is 1.21. The number of thiazole rings is 1. The molecule has 5 aromatic carbocycles. The molecule has 2 saturated heterocycles. The molecule has 352 valence electrons. The van der Waals surface area contributed by atoms with Crippen LogP contribution in [-0.2, 0) is 34.1 Å². The number of aliphatic hydroxyl groups is 2. The van der Waals surface area contributed by atoms with Crippen molar-refractivity contribution in [3.05, 3.63) is 155 Å². The lowest BCUT2D eigenvalue weighted by Gasteiger charge is -2.46. The van der Waals surface area contributed by atoms with Gasteiger partial charge in [0.15, 0.2) is 5.13 Å². The van der Waals surface area contributed by atoms with Crippen LogP contribution in [0.25, 0.3) is 10.2 Å². The fourth-order valence-corrected chi connectivity index (χ4v) is 11.0. The van der Waals surface area contributed by atoms with E-state index in [1.54, 1.807) is 62.4 Å². The number of hydrogen-bond acceptors (Lipinski definition) is 13. The third kappa shape index (κ3) is 8.27. The number of methoxy groups -OCH3 is 1. The zero-order valence-electron chi connectivity index (χ0n) is 37.9. The summed E-state index contributed by atoms with van der Waals surface area (Å²) in [4.78, 5) is 83.9. The van der Waals surface area contributed by atoms with Crippen molar-refractivity contribution in [3.63, 3.8) is 0 Å². The molecule has 0 radical (unpaired) electrons. The zero-order valence-corrected chi connectivity index (χ0v) is 38.7. The van der Waals surface area contributed by atoms with Crippen molar-refractivity contribution in [2.45, 2.75) is 56.0 Å². The molecule has 7 atom stereocenters. The van der Waals surface area contributed by atoms with Crippen LogP contribution in [0.1, 0.15) is 66.3 Å². The van der Waals surface area contributed by atoms with Gasteiger partial charge in [0, 0.05) is 17.5 Å². The number of ether oxygens (including phenoxy) is 3. The number of aromatic nitrogens is 1. The van der Waals surface area contributed by atoms with Crippen molar-refractivity contribution in [1.29, 1.82) is 0 Å². The van der Waals surface area contributed by atoms with Crippen LogP contribution < -0.4 is 20.3 Å². The van der Waals surface area contributed by atoms with Gasteiger partial charge in [-0.3, -0.25) is 19.3 Å². The number of nitrogens with one attached hydrogen (secondary N) is 2. The van der Waals surface area contributed by atoms with Gasteiger partial charge in [-0.2, -0.15) is 0 Å². The van der Waals surface area contributed by atoms with E-state index in [0.717, 1.165) is 9.60 Å². The number of amides is 4. The van der Waals surface area contributed by atoms with Gasteiger partial charge in [-0.15, -0.1) is 0 Å². The van der Waals surface area contributed by atoms with E-state index in [1.807, 2.05) is 83.8 Å². The van der Waals surface area contributed by atoms with E-state index in [1.165, 1.54) is 18.4 Å². The predicted molar refractivity (Wildman–Crippen MR) is 257 cm³/mol. The first-order valence-corrected chi connectivity index (χ1v) is 23.4. The summed E-state index contributed by atoms with van der Waals surface area (Å²) in [6, 6.07) is 31.7. The fourth-order valence-electron chi connectivity index (χ4n) is 10.1. The third-order valence-corrected chi connectivity index (χ3v) is 13.9. The summed E-state index contributed by atoms with van der Waals surface area (Å²) in [6.45, 7) is 2.72. The first kappa shape index (κ1) is 46.7. The largest absolute Gasteiger partial charge is 0.491 e. The van der Waals surface area contributed by atoms with Gasteiger partial charge >= 0.3 is 18.0 Å². The molecular weight excluding hydrogens is 899 g/mol. The van der Waals surface area contributed by atoms with Crippen LogP contribution in [0.2, 0.25) is 0 Å². The molecule has 6 aromatic rings. The Bertz CT molecular complexity index is 2960. The molecular formula is C53H49N5O10S. The number of carbonyl (C=O) groups excluding carboxylic acids is 5. The number of anilines is 2. The number of cyclic esters (lactones) is 1. The lowest BCUT2D eigenvalue weighted by atomic mass is 9.65. The maximum absolute atomic E-state index is 16.7. The van der Waals surface area contributed by atoms with Crippen molar-refractivity contribution in [2.24, 2.45) is 11.8 Å². The number of esters is 2. The van der Waals surface area contributed by atoms with Crippen molar-refractivity contribution in [1.82, 2.24) is 15.2 Å². The maximum Gasteiger partial charge on any atom is 0.329 e. The van der Waals surface area contributed by atoms with Crippen molar-refractivity contribution < 1.29 is 48.4 Å². The topological polar surface area (TPSA) is 197 Å². The Morgan fingerprint density at radius 2 is 1.57 bits per heavy atom. The normalized spacial score (nSPS) is 22.1. The third-order valence-electron chi connectivity index (χ3n) is 12.9. The molecule has 2 fully saturated rings. The van der Waals surface area contributed by atoms with E-state index < -0.39 is 77.3 Å². The number of imide groups is 1. The van der Waals surface area contributed by atoms with E-state index in [0.29, 0.717) is 27.8 Å².